The average Bonchev–Trinajstić information content (AvgIpc) is 2.73. The Bertz CT molecular complexity index is 668. The zero-order valence-electron chi connectivity index (χ0n) is 8.49. The second kappa shape index (κ2) is 4.42. The van der Waals surface area contributed by atoms with Crippen molar-refractivity contribution in [3.05, 3.63) is 41.4 Å². The molecule has 0 bridgehead atoms. The molecule has 0 N–H and O–H groups in total. The first-order valence-electron chi connectivity index (χ1n) is 4.78. The third-order valence-electron chi connectivity index (χ3n) is 2.09. The fourth-order valence-electron chi connectivity index (χ4n) is 1.36. The van der Waals surface area contributed by atoms with E-state index in [0.717, 1.165) is 20.4 Å². The molecule has 0 aliphatic heterocycles. The lowest BCUT2D eigenvalue weighted by atomic mass is 10.5. The van der Waals surface area contributed by atoms with Gasteiger partial charge in [0.05, 0.1) is 0 Å². The topological polar surface area (TPSA) is 56.0 Å². The smallest absolute Gasteiger partial charge is 0.201 e. The summed E-state index contributed by atoms with van der Waals surface area (Å²) in [6.07, 6.45) is 3.43. The summed E-state index contributed by atoms with van der Waals surface area (Å²) in [5.41, 5.74) is 0.822. The van der Waals surface area contributed by atoms with Crippen molar-refractivity contribution < 1.29 is 0 Å². The first-order valence-corrected chi connectivity index (χ1v) is 6.39. The monoisotopic (exact) mass is 307 g/mol. The van der Waals surface area contributed by atoms with Crippen LogP contribution < -0.4 is 0 Å². The van der Waals surface area contributed by atoms with Gasteiger partial charge in [-0.2, -0.15) is 0 Å². The van der Waals surface area contributed by atoms with Crippen LogP contribution in [0.25, 0.3) is 5.65 Å². The highest BCUT2D eigenvalue weighted by Gasteiger charge is 2.07. The van der Waals surface area contributed by atoms with Gasteiger partial charge in [-0.05, 0) is 39.8 Å². The Hall–Kier alpha value is -1.47. The Balaban J connectivity index is 2.00. The zero-order chi connectivity index (χ0) is 11.7. The summed E-state index contributed by atoms with van der Waals surface area (Å²) in [6.45, 7) is 0. The number of hydrogen-bond acceptors (Lipinski definition) is 5. The van der Waals surface area contributed by atoms with Gasteiger partial charge in [0.25, 0.3) is 0 Å². The molecule has 0 saturated carbocycles. The van der Waals surface area contributed by atoms with E-state index in [2.05, 4.69) is 36.1 Å². The summed E-state index contributed by atoms with van der Waals surface area (Å²) in [6, 6.07) is 7.62. The maximum absolute atomic E-state index is 4.16. The van der Waals surface area contributed by atoms with E-state index in [0.29, 0.717) is 0 Å². The fourth-order valence-corrected chi connectivity index (χ4v) is 2.61. The number of hydrogen-bond donors (Lipinski definition) is 0. The lowest BCUT2D eigenvalue weighted by molar-refractivity contribution is 0.913. The predicted molar refractivity (Wildman–Crippen MR) is 66.8 cm³/mol. The molecule has 0 spiro atoms. The molecule has 3 heterocycles. The van der Waals surface area contributed by atoms with E-state index < -0.39 is 0 Å². The van der Waals surface area contributed by atoms with E-state index in [4.69, 9.17) is 0 Å². The highest BCUT2D eigenvalue weighted by Crippen LogP contribution is 2.25. The quantitative estimate of drug-likeness (QED) is 0.681. The van der Waals surface area contributed by atoms with Gasteiger partial charge in [0.15, 0.2) is 5.65 Å². The molecule has 0 aliphatic rings. The maximum atomic E-state index is 4.16. The largest absolute Gasteiger partial charge is 0.277 e. The molecule has 84 valence electrons. The molecule has 0 aliphatic carbocycles. The van der Waals surface area contributed by atoms with Gasteiger partial charge in [-0.25, -0.2) is 9.97 Å². The van der Waals surface area contributed by atoms with Gasteiger partial charge in [0.1, 0.15) is 16.0 Å². The molecule has 7 heteroatoms. The molecule has 5 nitrogen and oxygen atoms in total. The molecular weight excluding hydrogens is 302 g/mol. The summed E-state index contributed by atoms with van der Waals surface area (Å²) in [5.74, 6) is 0. The van der Waals surface area contributed by atoms with E-state index >= 15 is 0 Å². The second-order valence-electron chi connectivity index (χ2n) is 3.19. The third kappa shape index (κ3) is 2.16. The Morgan fingerprint density at radius 1 is 1.18 bits per heavy atom. The predicted octanol–water partition coefficient (Wildman–Crippen LogP) is 2.43. The van der Waals surface area contributed by atoms with Gasteiger partial charge in [0.2, 0.25) is 5.16 Å². The molecule has 0 atom stereocenters. The number of fused-ring (bicyclic) bond motifs is 1. The molecule has 3 aromatic heterocycles. The number of pyridine rings is 1. The Morgan fingerprint density at radius 3 is 3.00 bits per heavy atom. The fraction of sp³-hybridized carbons (Fsp3) is 0. The number of nitrogens with zero attached hydrogens (tertiary/aromatic N) is 5. The van der Waals surface area contributed by atoms with Crippen molar-refractivity contribution in [2.45, 2.75) is 10.2 Å². The highest BCUT2D eigenvalue weighted by atomic mass is 79.9. The van der Waals surface area contributed by atoms with Crippen LogP contribution >= 0.6 is 27.7 Å². The van der Waals surface area contributed by atoms with Crippen molar-refractivity contribution in [1.82, 2.24) is 24.6 Å². The van der Waals surface area contributed by atoms with E-state index in [1.54, 1.807) is 0 Å². The van der Waals surface area contributed by atoms with E-state index in [1.165, 1.54) is 18.1 Å². The zero-order valence-corrected chi connectivity index (χ0v) is 10.9. The standard InChI is InChI=1S/C10H6BrN5S/c11-7-5-9(13-6-12-7)17-10-15-14-8-3-1-2-4-16(8)10/h1-6H. The lowest BCUT2D eigenvalue weighted by Gasteiger charge is -1.98. The summed E-state index contributed by atoms with van der Waals surface area (Å²) < 4.78 is 2.67. The van der Waals surface area contributed by atoms with Crippen molar-refractivity contribution in [3.63, 3.8) is 0 Å². The number of rotatable bonds is 2. The van der Waals surface area contributed by atoms with Gasteiger partial charge >= 0.3 is 0 Å². The Labute approximate surface area is 109 Å². The van der Waals surface area contributed by atoms with Crippen molar-refractivity contribution in [2.24, 2.45) is 0 Å². The first kappa shape index (κ1) is 10.7. The van der Waals surface area contributed by atoms with Crippen LogP contribution in [0.1, 0.15) is 0 Å². The van der Waals surface area contributed by atoms with Crippen molar-refractivity contribution >= 4 is 33.3 Å². The number of halogens is 1. The normalized spacial score (nSPS) is 10.9. The summed E-state index contributed by atoms with van der Waals surface area (Å²) >= 11 is 4.75. The molecule has 0 aromatic carbocycles. The Morgan fingerprint density at radius 2 is 2.12 bits per heavy atom. The minimum atomic E-state index is 0.754. The molecule has 0 radical (unpaired) electrons. The van der Waals surface area contributed by atoms with Gasteiger partial charge in [-0.15, -0.1) is 10.2 Å². The van der Waals surface area contributed by atoms with Crippen LogP contribution in [0.15, 0.2) is 51.6 Å². The van der Waals surface area contributed by atoms with Crippen LogP contribution in [0.2, 0.25) is 0 Å². The van der Waals surface area contributed by atoms with E-state index in [1.807, 2.05) is 34.9 Å². The SMILES string of the molecule is Brc1cc(Sc2nnc3ccccn23)ncn1. The molecule has 3 rings (SSSR count). The second-order valence-corrected chi connectivity index (χ2v) is 4.99. The minimum Gasteiger partial charge on any atom is -0.277 e. The average molecular weight is 308 g/mol. The van der Waals surface area contributed by atoms with Crippen LogP contribution in [-0.4, -0.2) is 24.6 Å². The summed E-state index contributed by atoms with van der Waals surface area (Å²) in [5, 5.41) is 9.80. The third-order valence-corrected chi connectivity index (χ3v) is 3.41. The van der Waals surface area contributed by atoms with E-state index in [9.17, 15) is 0 Å². The molecule has 0 fully saturated rings. The molecule has 0 amide bonds. The maximum Gasteiger partial charge on any atom is 0.201 e. The minimum absolute atomic E-state index is 0.754. The molecule has 3 aromatic rings. The molecular formula is C10H6BrN5S. The van der Waals surface area contributed by atoms with Crippen molar-refractivity contribution in [3.8, 4) is 0 Å². The Kier molecular flexibility index (Phi) is 2.77. The molecule has 0 unspecified atom stereocenters. The molecule has 17 heavy (non-hydrogen) atoms. The van der Waals surface area contributed by atoms with Gasteiger partial charge in [-0.3, -0.25) is 4.40 Å². The van der Waals surface area contributed by atoms with Crippen LogP contribution in [0.3, 0.4) is 0 Å². The van der Waals surface area contributed by atoms with Crippen LogP contribution in [0, 0.1) is 0 Å². The lowest BCUT2D eigenvalue weighted by Crippen LogP contribution is -1.88. The highest BCUT2D eigenvalue weighted by molar-refractivity contribution is 9.10. The number of aromatic nitrogens is 5. The first-order chi connectivity index (χ1) is 8.33. The molecule has 0 saturated heterocycles. The van der Waals surface area contributed by atoms with Crippen LogP contribution in [0.4, 0.5) is 0 Å². The van der Waals surface area contributed by atoms with Gasteiger partial charge < -0.3 is 0 Å². The summed E-state index contributed by atoms with van der Waals surface area (Å²) in [7, 11) is 0. The van der Waals surface area contributed by atoms with Gasteiger partial charge in [-0.1, -0.05) is 6.07 Å². The summed E-state index contributed by atoms with van der Waals surface area (Å²) in [4.78, 5) is 8.14. The van der Waals surface area contributed by atoms with Crippen molar-refractivity contribution in [2.75, 3.05) is 0 Å². The van der Waals surface area contributed by atoms with Crippen molar-refractivity contribution in [1.29, 1.82) is 0 Å². The van der Waals surface area contributed by atoms with Crippen LogP contribution in [0.5, 0.6) is 0 Å². The van der Waals surface area contributed by atoms with E-state index in [-0.39, 0.29) is 0 Å². The van der Waals surface area contributed by atoms with Gasteiger partial charge in [0, 0.05) is 12.3 Å². The van der Waals surface area contributed by atoms with Crippen LogP contribution in [-0.2, 0) is 0 Å².